The first-order valence-corrected chi connectivity index (χ1v) is 7.87. The highest BCUT2D eigenvalue weighted by molar-refractivity contribution is 5.92. The molecule has 0 unspecified atom stereocenters. The number of carbonyl (C=O) groups is 1. The van der Waals surface area contributed by atoms with Crippen molar-refractivity contribution in [2.45, 2.75) is 32.6 Å². The number of likely N-dealkylation sites (tertiary alicyclic amines) is 1. The number of aromatic nitrogens is 2. The Balaban J connectivity index is 1.72. The molecule has 116 valence electrons. The van der Waals surface area contributed by atoms with Crippen LogP contribution in [0.15, 0.2) is 12.1 Å². The number of hydrogen-bond donors (Lipinski definition) is 2. The van der Waals surface area contributed by atoms with E-state index in [2.05, 4.69) is 32.7 Å². The standard InChI is InChI=1S/C15H25N5O/c1-2-8-16-14-7-6-13(18-19-14)15(21)17-9-12-20-10-4-3-5-11-20/h6-7H,2-5,8-12H2,1H3,(H,16,19)(H,17,21). The molecule has 6 nitrogen and oxygen atoms in total. The van der Waals surface area contributed by atoms with E-state index in [-0.39, 0.29) is 5.91 Å². The zero-order chi connectivity index (χ0) is 14.9. The molecule has 1 aromatic heterocycles. The summed E-state index contributed by atoms with van der Waals surface area (Å²) in [5.74, 6) is 0.559. The Bertz CT molecular complexity index is 428. The predicted octanol–water partition coefficient (Wildman–Crippen LogP) is 1.51. The molecule has 0 atom stereocenters. The number of piperidine rings is 1. The molecular weight excluding hydrogens is 266 g/mol. The van der Waals surface area contributed by atoms with Gasteiger partial charge in [-0.25, -0.2) is 0 Å². The molecule has 6 heteroatoms. The van der Waals surface area contributed by atoms with E-state index >= 15 is 0 Å². The fourth-order valence-corrected chi connectivity index (χ4v) is 2.40. The van der Waals surface area contributed by atoms with Gasteiger partial charge in [0.2, 0.25) is 0 Å². The summed E-state index contributed by atoms with van der Waals surface area (Å²) in [6.07, 6.45) is 4.90. The van der Waals surface area contributed by atoms with E-state index in [0.717, 1.165) is 32.6 Å². The van der Waals surface area contributed by atoms with Crippen molar-refractivity contribution in [2.75, 3.05) is 38.0 Å². The summed E-state index contributed by atoms with van der Waals surface area (Å²) >= 11 is 0. The lowest BCUT2D eigenvalue weighted by molar-refractivity contribution is 0.0940. The Morgan fingerprint density at radius 2 is 2.00 bits per heavy atom. The molecule has 2 rings (SSSR count). The summed E-state index contributed by atoms with van der Waals surface area (Å²) in [5, 5.41) is 14.0. The molecule has 0 bridgehead atoms. The first-order valence-electron chi connectivity index (χ1n) is 7.87. The quantitative estimate of drug-likeness (QED) is 0.797. The van der Waals surface area contributed by atoms with Crippen LogP contribution in [-0.4, -0.2) is 53.7 Å². The highest BCUT2D eigenvalue weighted by Gasteiger charge is 2.11. The van der Waals surface area contributed by atoms with Crippen molar-refractivity contribution in [3.63, 3.8) is 0 Å². The summed E-state index contributed by atoms with van der Waals surface area (Å²) < 4.78 is 0. The highest BCUT2D eigenvalue weighted by Crippen LogP contribution is 2.07. The SMILES string of the molecule is CCCNc1ccc(C(=O)NCCN2CCCCC2)nn1. The van der Waals surface area contributed by atoms with Gasteiger partial charge in [-0.05, 0) is 44.5 Å². The van der Waals surface area contributed by atoms with Gasteiger partial charge in [-0.15, -0.1) is 10.2 Å². The molecule has 2 N–H and O–H groups in total. The maximum absolute atomic E-state index is 12.0. The first-order chi connectivity index (χ1) is 10.3. The van der Waals surface area contributed by atoms with E-state index in [4.69, 9.17) is 0 Å². The van der Waals surface area contributed by atoms with Crippen LogP contribution in [0.4, 0.5) is 5.82 Å². The first kappa shape index (κ1) is 15.7. The third-order valence-corrected chi connectivity index (χ3v) is 3.62. The lowest BCUT2D eigenvalue weighted by Crippen LogP contribution is -2.37. The van der Waals surface area contributed by atoms with E-state index in [9.17, 15) is 4.79 Å². The lowest BCUT2D eigenvalue weighted by atomic mass is 10.1. The molecule has 21 heavy (non-hydrogen) atoms. The van der Waals surface area contributed by atoms with Gasteiger partial charge in [-0.1, -0.05) is 13.3 Å². The number of carbonyl (C=O) groups excluding carboxylic acids is 1. The summed E-state index contributed by atoms with van der Waals surface area (Å²) in [6, 6.07) is 3.50. The average Bonchev–Trinajstić information content (AvgIpc) is 2.54. The molecule has 0 saturated carbocycles. The zero-order valence-corrected chi connectivity index (χ0v) is 12.8. The molecule has 1 fully saturated rings. The minimum absolute atomic E-state index is 0.151. The minimum Gasteiger partial charge on any atom is -0.369 e. The van der Waals surface area contributed by atoms with Crippen LogP contribution in [-0.2, 0) is 0 Å². The van der Waals surface area contributed by atoms with Gasteiger partial charge in [0.25, 0.3) is 5.91 Å². The van der Waals surface area contributed by atoms with Gasteiger partial charge >= 0.3 is 0 Å². The lowest BCUT2D eigenvalue weighted by Gasteiger charge is -2.26. The Kier molecular flexibility index (Phi) is 6.40. The maximum atomic E-state index is 12.0. The van der Waals surface area contributed by atoms with Crippen LogP contribution < -0.4 is 10.6 Å². The van der Waals surface area contributed by atoms with Gasteiger partial charge in [0.15, 0.2) is 5.69 Å². The van der Waals surface area contributed by atoms with Gasteiger partial charge < -0.3 is 15.5 Å². The van der Waals surface area contributed by atoms with Crippen molar-refractivity contribution < 1.29 is 4.79 Å². The number of nitrogens with zero attached hydrogens (tertiary/aromatic N) is 3. The Morgan fingerprint density at radius 3 is 2.67 bits per heavy atom. The van der Waals surface area contributed by atoms with Crippen LogP contribution in [0.25, 0.3) is 0 Å². The van der Waals surface area contributed by atoms with Gasteiger partial charge in [-0.2, -0.15) is 0 Å². The van der Waals surface area contributed by atoms with Crippen LogP contribution in [0.2, 0.25) is 0 Å². The summed E-state index contributed by atoms with van der Waals surface area (Å²) in [7, 11) is 0. The van der Waals surface area contributed by atoms with E-state index in [0.29, 0.717) is 18.1 Å². The van der Waals surface area contributed by atoms with Crippen molar-refractivity contribution in [3.05, 3.63) is 17.8 Å². The Labute approximate surface area is 126 Å². The van der Waals surface area contributed by atoms with Crippen molar-refractivity contribution in [2.24, 2.45) is 0 Å². The van der Waals surface area contributed by atoms with Crippen molar-refractivity contribution in [1.82, 2.24) is 20.4 Å². The maximum Gasteiger partial charge on any atom is 0.271 e. The van der Waals surface area contributed by atoms with Crippen LogP contribution in [0, 0.1) is 0 Å². The second-order valence-electron chi connectivity index (χ2n) is 5.39. The average molecular weight is 291 g/mol. The minimum atomic E-state index is -0.151. The predicted molar refractivity (Wildman–Crippen MR) is 83.4 cm³/mol. The molecule has 1 aliphatic heterocycles. The van der Waals surface area contributed by atoms with Crippen LogP contribution in [0.1, 0.15) is 43.1 Å². The fraction of sp³-hybridized carbons (Fsp3) is 0.667. The van der Waals surface area contributed by atoms with E-state index in [1.54, 1.807) is 12.1 Å². The van der Waals surface area contributed by atoms with Gasteiger partial charge in [0.1, 0.15) is 5.82 Å². The zero-order valence-electron chi connectivity index (χ0n) is 12.8. The number of anilines is 1. The summed E-state index contributed by atoms with van der Waals surface area (Å²) in [4.78, 5) is 14.4. The monoisotopic (exact) mass is 291 g/mol. The molecule has 0 aliphatic carbocycles. The van der Waals surface area contributed by atoms with Crippen molar-refractivity contribution in [1.29, 1.82) is 0 Å². The third kappa shape index (κ3) is 5.30. The van der Waals surface area contributed by atoms with Gasteiger partial charge in [0, 0.05) is 19.6 Å². The molecule has 0 spiro atoms. The molecule has 2 heterocycles. The smallest absolute Gasteiger partial charge is 0.271 e. The molecule has 1 saturated heterocycles. The fourth-order valence-electron chi connectivity index (χ4n) is 2.40. The Morgan fingerprint density at radius 1 is 1.19 bits per heavy atom. The van der Waals surface area contributed by atoms with Crippen molar-refractivity contribution in [3.8, 4) is 0 Å². The number of nitrogens with one attached hydrogen (secondary N) is 2. The van der Waals surface area contributed by atoms with Gasteiger partial charge in [-0.3, -0.25) is 4.79 Å². The number of rotatable bonds is 7. The van der Waals surface area contributed by atoms with E-state index < -0.39 is 0 Å². The molecule has 1 aromatic rings. The third-order valence-electron chi connectivity index (χ3n) is 3.62. The normalized spacial score (nSPS) is 15.7. The van der Waals surface area contributed by atoms with E-state index in [1.165, 1.54) is 19.3 Å². The highest BCUT2D eigenvalue weighted by atomic mass is 16.1. The number of hydrogen-bond acceptors (Lipinski definition) is 5. The topological polar surface area (TPSA) is 70.2 Å². The summed E-state index contributed by atoms with van der Waals surface area (Å²) in [5.41, 5.74) is 0.371. The summed E-state index contributed by atoms with van der Waals surface area (Å²) in [6.45, 7) is 6.81. The second kappa shape index (κ2) is 8.56. The van der Waals surface area contributed by atoms with Crippen LogP contribution in [0.5, 0.6) is 0 Å². The molecular formula is C15H25N5O. The largest absolute Gasteiger partial charge is 0.369 e. The van der Waals surface area contributed by atoms with Gasteiger partial charge in [0.05, 0.1) is 0 Å². The molecule has 1 aliphatic rings. The van der Waals surface area contributed by atoms with E-state index in [1.807, 2.05) is 0 Å². The molecule has 1 amide bonds. The Hall–Kier alpha value is -1.69. The van der Waals surface area contributed by atoms with Crippen LogP contribution >= 0.6 is 0 Å². The van der Waals surface area contributed by atoms with Crippen molar-refractivity contribution >= 4 is 11.7 Å². The molecule has 0 aromatic carbocycles. The molecule has 0 radical (unpaired) electrons. The number of amides is 1. The second-order valence-corrected chi connectivity index (χ2v) is 5.39. The van der Waals surface area contributed by atoms with Crippen LogP contribution in [0.3, 0.4) is 0 Å².